The predicted molar refractivity (Wildman–Crippen MR) is 103 cm³/mol. The lowest BCUT2D eigenvalue weighted by molar-refractivity contribution is -0.144. The van der Waals surface area contributed by atoms with Gasteiger partial charge in [0.25, 0.3) is 0 Å². The van der Waals surface area contributed by atoms with Crippen molar-refractivity contribution in [2.45, 2.75) is 31.8 Å². The maximum atomic E-state index is 14.2. The zero-order valence-electron chi connectivity index (χ0n) is 15.8. The number of anilines is 1. The lowest BCUT2D eigenvalue weighted by atomic mass is 10.0. The van der Waals surface area contributed by atoms with Crippen LogP contribution in [0.1, 0.15) is 22.7 Å². The Morgan fingerprint density at radius 3 is 2.60 bits per heavy atom. The summed E-state index contributed by atoms with van der Waals surface area (Å²) in [4.78, 5) is 12.2. The molecule has 1 aliphatic heterocycles. The average Bonchev–Trinajstić information content (AvgIpc) is 2.61. The highest BCUT2D eigenvalue weighted by Gasteiger charge is 2.41. The molecule has 1 saturated heterocycles. The van der Waals surface area contributed by atoms with E-state index in [1.54, 1.807) is 11.8 Å². The number of alkyl halides is 3. The lowest BCUT2D eigenvalue weighted by Gasteiger charge is -2.37. The van der Waals surface area contributed by atoms with Crippen LogP contribution in [0.5, 0.6) is 0 Å². The molecule has 0 bridgehead atoms. The second-order valence-electron chi connectivity index (χ2n) is 7.13. The van der Waals surface area contributed by atoms with E-state index in [2.05, 4.69) is 10.1 Å². The van der Waals surface area contributed by atoms with Crippen LogP contribution in [0.4, 0.5) is 28.0 Å². The third kappa shape index (κ3) is 5.34. The Labute approximate surface area is 175 Å². The summed E-state index contributed by atoms with van der Waals surface area (Å²) in [5.41, 5.74) is 0.815. The molecule has 1 heterocycles. The van der Waals surface area contributed by atoms with Crippen molar-refractivity contribution < 1.29 is 32.2 Å². The fourth-order valence-corrected chi connectivity index (χ4v) is 3.38. The van der Waals surface area contributed by atoms with Crippen molar-refractivity contribution in [3.63, 3.8) is 0 Å². The molecule has 0 aliphatic carbocycles. The third-order valence-electron chi connectivity index (χ3n) is 4.78. The molecule has 1 fully saturated rings. The van der Waals surface area contributed by atoms with E-state index in [-0.39, 0.29) is 23.4 Å². The summed E-state index contributed by atoms with van der Waals surface area (Å²) in [5, 5.41) is 11.4. The minimum absolute atomic E-state index is 0.00770. The van der Waals surface area contributed by atoms with E-state index in [0.29, 0.717) is 23.7 Å². The largest absolute Gasteiger partial charge is 0.506 e. The van der Waals surface area contributed by atoms with Gasteiger partial charge in [-0.05, 0) is 42.3 Å². The lowest BCUT2D eigenvalue weighted by Crippen LogP contribution is -2.52. The summed E-state index contributed by atoms with van der Waals surface area (Å²) in [6.07, 6.45) is -6.46. The zero-order chi connectivity index (χ0) is 22.1. The fraction of sp³-hybridized carbons (Fsp3) is 0.350. The van der Waals surface area contributed by atoms with Gasteiger partial charge in [-0.1, -0.05) is 23.7 Å². The molecule has 0 spiro atoms. The van der Waals surface area contributed by atoms with Gasteiger partial charge in [0.05, 0.1) is 0 Å². The number of halogens is 5. The smallest absolute Gasteiger partial charge is 0.450 e. The standard InChI is InChI=1S/C20H19ClF4N2O3/c1-11-6-12(2-4-16(11)21)18(20(23,24)25)26-14-3-5-17(22)13(7-14)8-27-9-15(10-27)30-19(28)29/h2-7,15,18,26H,8-10H2,1H3,(H,28,29)/t18-/m0/s1. The highest BCUT2D eigenvalue weighted by molar-refractivity contribution is 6.31. The molecule has 2 N–H and O–H groups in total. The molecule has 10 heteroatoms. The number of ether oxygens (including phenoxy) is 1. The highest BCUT2D eigenvalue weighted by Crippen LogP contribution is 2.37. The van der Waals surface area contributed by atoms with Gasteiger partial charge < -0.3 is 15.2 Å². The van der Waals surface area contributed by atoms with E-state index in [4.69, 9.17) is 16.7 Å². The Balaban J connectivity index is 1.75. The number of rotatable bonds is 6. The Morgan fingerprint density at radius 2 is 2.00 bits per heavy atom. The van der Waals surface area contributed by atoms with Gasteiger partial charge in [0.1, 0.15) is 18.0 Å². The first kappa shape index (κ1) is 22.2. The molecule has 0 saturated carbocycles. The van der Waals surface area contributed by atoms with Gasteiger partial charge in [-0.3, -0.25) is 4.90 Å². The quantitative estimate of drug-likeness (QED) is 0.460. The van der Waals surface area contributed by atoms with Crippen molar-refractivity contribution in [1.29, 1.82) is 0 Å². The van der Waals surface area contributed by atoms with E-state index in [1.807, 2.05) is 0 Å². The number of aryl methyl sites for hydroxylation is 1. The molecule has 0 radical (unpaired) electrons. The molecule has 1 atom stereocenters. The molecule has 1 aliphatic rings. The SMILES string of the molecule is Cc1cc([C@H](Nc2ccc(F)c(CN3CC(OC(=O)O)C3)c2)C(F)(F)F)ccc1Cl. The molecule has 2 aromatic rings. The molecular formula is C20H19ClF4N2O3. The van der Waals surface area contributed by atoms with Gasteiger partial charge in [0.2, 0.25) is 0 Å². The first-order valence-electron chi connectivity index (χ1n) is 9.02. The summed E-state index contributed by atoms with van der Waals surface area (Å²) in [7, 11) is 0. The monoisotopic (exact) mass is 446 g/mol. The summed E-state index contributed by atoms with van der Waals surface area (Å²) < 4.78 is 59.8. The molecular weight excluding hydrogens is 428 g/mol. The van der Waals surface area contributed by atoms with Crippen LogP contribution in [-0.2, 0) is 11.3 Å². The molecule has 0 aromatic heterocycles. The summed E-state index contributed by atoms with van der Waals surface area (Å²) in [5.74, 6) is -0.561. The van der Waals surface area contributed by atoms with E-state index in [1.165, 1.54) is 30.3 Å². The number of benzene rings is 2. The minimum atomic E-state index is -4.59. The van der Waals surface area contributed by atoms with E-state index in [0.717, 1.165) is 6.07 Å². The summed E-state index contributed by atoms with van der Waals surface area (Å²) in [6.45, 7) is 2.32. The van der Waals surface area contributed by atoms with Crippen molar-refractivity contribution >= 4 is 23.4 Å². The van der Waals surface area contributed by atoms with Gasteiger partial charge in [0, 0.05) is 35.9 Å². The Bertz CT molecular complexity index is 933. The number of nitrogens with one attached hydrogen (secondary N) is 1. The van der Waals surface area contributed by atoms with Crippen LogP contribution in [0.2, 0.25) is 5.02 Å². The van der Waals surface area contributed by atoms with Crippen LogP contribution in [0.25, 0.3) is 0 Å². The van der Waals surface area contributed by atoms with Crippen LogP contribution in [0.3, 0.4) is 0 Å². The Hall–Kier alpha value is -2.52. The summed E-state index contributed by atoms with van der Waals surface area (Å²) in [6, 6.07) is 5.73. The minimum Gasteiger partial charge on any atom is -0.450 e. The van der Waals surface area contributed by atoms with Crippen molar-refractivity contribution in [1.82, 2.24) is 4.90 Å². The Kier molecular flexibility index (Phi) is 6.42. The molecule has 0 unspecified atom stereocenters. The predicted octanol–water partition coefficient (Wildman–Crippen LogP) is 5.38. The molecule has 0 amide bonds. The molecule has 2 aromatic carbocycles. The first-order chi connectivity index (χ1) is 14.0. The summed E-state index contributed by atoms with van der Waals surface area (Å²) >= 11 is 5.91. The van der Waals surface area contributed by atoms with Crippen molar-refractivity contribution in [2.24, 2.45) is 0 Å². The molecule has 3 rings (SSSR count). The fourth-order valence-electron chi connectivity index (χ4n) is 3.26. The van der Waals surface area contributed by atoms with E-state index >= 15 is 0 Å². The van der Waals surface area contributed by atoms with E-state index < -0.39 is 30.3 Å². The Morgan fingerprint density at radius 1 is 1.30 bits per heavy atom. The number of hydrogen-bond acceptors (Lipinski definition) is 4. The van der Waals surface area contributed by atoms with Crippen LogP contribution in [0, 0.1) is 12.7 Å². The topological polar surface area (TPSA) is 61.8 Å². The molecule has 5 nitrogen and oxygen atoms in total. The number of carbonyl (C=O) groups is 1. The van der Waals surface area contributed by atoms with Gasteiger partial charge >= 0.3 is 12.3 Å². The van der Waals surface area contributed by atoms with Crippen LogP contribution >= 0.6 is 11.6 Å². The van der Waals surface area contributed by atoms with Crippen LogP contribution in [0.15, 0.2) is 36.4 Å². The van der Waals surface area contributed by atoms with Gasteiger partial charge in [-0.15, -0.1) is 0 Å². The second-order valence-corrected chi connectivity index (χ2v) is 7.54. The number of likely N-dealkylation sites (tertiary alicyclic amines) is 1. The number of hydrogen-bond donors (Lipinski definition) is 2. The maximum absolute atomic E-state index is 14.2. The van der Waals surface area contributed by atoms with Gasteiger partial charge in [-0.2, -0.15) is 13.2 Å². The van der Waals surface area contributed by atoms with Crippen LogP contribution in [-0.4, -0.2) is 41.5 Å². The number of carboxylic acid groups (broad SMARTS) is 1. The third-order valence-corrected chi connectivity index (χ3v) is 5.21. The first-order valence-corrected chi connectivity index (χ1v) is 9.40. The van der Waals surface area contributed by atoms with Crippen molar-refractivity contribution in [2.75, 3.05) is 18.4 Å². The van der Waals surface area contributed by atoms with Crippen molar-refractivity contribution in [3.8, 4) is 0 Å². The second kappa shape index (κ2) is 8.69. The highest BCUT2D eigenvalue weighted by atomic mass is 35.5. The zero-order valence-corrected chi connectivity index (χ0v) is 16.6. The normalized spacial score (nSPS) is 16.1. The van der Waals surface area contributed by atoms with Crippen LogP contribution < -0.4 is 5.32 Å². The molecule has 30 heavy (non-hydrogen) atoms. The van der Waals surface area contributed by atoms with Gasteiger partial charge in [0.15, 0.2) is 0 Å². The van der Waals surface area contributed by atoms with Crippen molar-refractivity contribution in [3.05, 3.63) is 63.9 Å². The molecule has 162 valence electrons. The number of nitrogens with zero attached hydrogens (tertiary/aromatic N) is 1. The van der Waals surface area contributed by atoms with Gasteiger partial charge in [-0.25, -0.2) is 9.18 Å². The average molecular weight is 447 g/mol. The van der Waals surface area contributed by atoms with E-state index in [9.17, 15) is 22.4 Å². The maximum Gasteiger partial charge on any atom is 0.506 e.